The minimum atomic E-state index is 0.745. The fourth-order valence-electron chi connectivity index (χ4n) is 2.57. The second kappa shape index (κ2) is 5.34. The zero-order valence-corrected chi connectivity index (χ0v) is 9.73. The van der Waals surface area contributed by atoms with Gasteiger partial charge in [0.05, 0.1) is 0 Å². The molecule has 0 radical (unpaired) electrons. The van der Waals surface area contributed by atoms with Gasteiger partial charge in [0, 0.05) is 0 Å². The first-order chi connectivity index (χ1) is 7.36. The number of hydrogen-bond donors (Lipinski definition) is 0. The number of rotatable bonds is 2. The Morgan fingerprint density at radius 3 is 2.60 bits per heavy atom. The van der Waals surface area contributed by atoms with Gasteiger partial charge in [0.1, 0.15) is 0 Å². The first-order valence-corrected chi connectivity index (χ1v) is 6.36. The van der Waals surface area contributed by atoms with Gasteiger partial charge in [-0.1, -0.05) is 43.4 Å². The maximum atomic E-state index is 2.48. The molecule has 0 nitrogen and oxygen atoms in total. The molecule has 0 N–H and O–H groups in total. The van der Waals surface area contributed by atoms with Gasteiger partial charge in [0.2, 0.25) is 0 Å². The first-order valence-electron chi connectivity index (χ1n) is 6.36. The topological polar surface area (TPSA) is 0 Å². The highest BCUT2D eigenvalue weighted by molar-refractivity contribution is 5.05. The van der Waals surface area contributed by atoms with Gasteiger partial charge in [0.15, 0.2) is 0 Å². The highest BCUT2D eigenvalue weighted by Gasteiger charge is 2.15. The normalized spacial score (nSPS) is 36.2. The molecule has 0 bridgehead atoms. The molecule has 2 aliphatic carbocycles. The van der Waals surface area contributed by atoms with Crippen LogP contribution in [0.3, 0.4) is 0 Å². The van der Waals surface area contributed by atoms with E-state index in [2.05, 4.69) is 43.4 Å². The van der Waals surface area contributed by atoms with Crippen molar-refractivity contribution in [2.45, 2.75) is 39.0 Å². The standard InChI is InChI=1S/C15H22/c1-13-7-5-6-10-15(13)12-11-14-8-3-2-4-9-14/h2-3,5,7,11-15H,4,6,8-10H2,1H3. The van der Waals surface area contributed by atoms with Crippen molar-refractivity contribution in [3.05, 3.63) is 36.5 Å². The zero-order valence-electron chi connectivity index (χ0n) is 9.73. The maximum absolute atomic E-state index is 2.48. The third-order valence-electron chi connectivity index (χ3n) is 3.72. The monoisotopic (exact) mass is 202 g/mol. The van der Waals surface area contributed by atoms with Gasteiger partial charge in [-0.15, -0.1) is 0 Å². The highest BCUT2D eigenvalue weighted by atomic mass is 14.2. The average molecular weight is 202 g/mol. The molecule has 0 saturated carbocycles. The van der Waals surface area contributed by atoms with E-state index in [1.54, 1.807) is 0 Å². The molecule has 0 fully saturated rings. The summed E-state index contributed by atoms with van der Waals surface area (Å²) in [5.41, 5.74) is 0. The minimum Gasteiger partial charge on any atom is -0.0885 e. The van der Waals surface area contributed by atoms with Gasteiger partial charge in [0.25, 0.3) is 0 Å². The van der Waals surface area contributed by atoms with Crippen LogP contribution in [-0.2, 0) is 0 Å². The van der Waals surface area contributed by atoms with Crippen LogP contribution in [0.5, 0.6) is 0 Å². The van der Waals surface area contributed by atoms with Crippen molar-refractivity contribution in [1.29, 1.82) is 0 Å². The molecule has 0 amide bonds. The molecule has 0 heterocycles. The lowest BCUT2D eigenvalue weighted by atomic mass is 9.83. The van der Waals surface area contributed by atoms with Gasteiger partial charge >= 0.3 is 0 Å². The third kappa shape index (κ3) is 3.09. The Bertz CT molecular complexity index is 270. The Balaban J connectivity index is 1.87. The van der Waals surface area contributed by atoms with E-state index in [0.717, 1.165) is 17.8 Å². The van der Waals surface area contributed by atoms with Gasteiger partial charge in [-0.25, -0.2) is 0 Å². The Morgan fingerprint density at radius 2 is 1.87 bits per heavy atom. The van der Waals surface area contributed by atoms with Gasteiger partial charge in [-0.05, 0) is 49.9 Å². The summed E-state index contributed by atoms with van der Waals surface area (Å²) in [6.07, 6.45) is 20.8. The van der Waals surface area contributed by atoms with E-state index in [4.69, 9.17) is 0 Å². The van der Waals surface area contributed by atoms with Crippen LogP contribution in [0.15, 0.2) is 36.5 Å². The SMILES string of the molecule is CC1C=CCCC1C=CC1CC=CCC1. The van der Waals surface area contributed by atoms with Crippen molar-refractivity contribution in [2.75, 3.05) is 0 Å². The lowest BCUT2D eigenvalue weighted by Crippen LogP contribution is -2.10. The second-order valence-electron chi connectivity index (χ2n) is 4.96. The minimum absolute atomic E-state index is 0.745. The van der Waals surface area contributed by atoms with Crippen LogP contribution in [0, 0.1) is 17.8 Å². The third-order valence-corrected chi connectivity index (χ3v) is 3.72. The molecule has 15 heavy (non-hydrogen) atoms. The molecule has 3 atom stereocenters. The Labute approximate surface area is 93.8 Å². The summed E-state index contributed by atoms with van der Waals surface area (Å²) in [7, 11) is 0. The summed E-state index contributed by atoms with van der Waals surface area (Å²) in [5.74, 6) is 2.35. The van der Waals surface area contributed by atoms with Crippen LogP contribution < -0.4 is 0 Å². The van der Waals surface area contributed by atoms with Crippen molar-refractivity contribution >= 4 is 0 Å². The molecule has 0 aromatic carbocycles. The predicted molar refractivity (Wildman–Crippen MR) is 66.6 cm³/mol. The maximum Gasteiger partial charge on any atom is -0.0170 e. The van der Waals surface area contributed by atoms with Crippen molar-refractivity contribution in [1.82, 2.24) is 0 Å². The Morgan fingerprint density at radius 1 is 1.00 bits per heavy atom. The van der Waals surface area contributed by atoms with E-state index in [1.807, 2.05) is 0 Å². The Kier molecular flexibility index (Phi) is 3.82. The lowest BCUT2D eigenvalue weighted by molar-refractivity contribution is 0.454. The van der Waals surface area contributed by atoms with Gasteiger partial charge < -0.3 is 0 Å². The fraction of sp³-hybridized carbons (Fsp3) is 0.600. The smallest absolute Gasteiger partial charge is 0.0170 e. The summed E-state index contributed by atoms with van der Waals surface area (Å²) in [6.45, 7) is 2.34. The van der Waals surface area contributed by atoms with Crippen molar-refractivity contribution in [2.24, 2.45) is 17.8 Å². The first kappa shape index (κ1) is 10.7. The average Bonchev–Trinajstić information content (AvgIpc) is 2.29. The van der Waals surface area contributed by atoms with Crippen LogP contribution >= 0.6 is 0 Å². The zero-order chi connectivity index (χ0) is 10.5. The second-order valence-corrected chi connectivity index (χ2v) is 4.96. The molecule has 2 aliphatic rings. The molecule has 0 saturated heterocycles. The molecule has 0 aromatic rings. The van der Waals surface area contributed by atoms with Crippen LogP contribution in [0.1, 0.15) is 39.0 Å². The predicted octanol–water partition coefficient (Wildman–Crippen LogP) is 4.50. The summed E-state index contributed by atoms with van der Waals surface area (Å²) < 4.78 is 0. The lowest BCUT2D eigenvalue weighted by Gasteiger charge is -2.22. The van der Waals surface area contributed by atoms with E-state index in [-0.39, 0.29) is 0 Å². The molecular formula is C15H22. The van der Waals surface area contributed by atoms with E-state index >= 15 is 0 Å². The highest BCUT2D eigenvalue weighted by Crippen LogP contribution is 2.27. The van der Waals surface area contributed by atoms with Crippen LogP contribution in [0.25, 0.3) is 0 Å². The molecule has 82 valence electrons. The summed E-state index contributed by atoms with van der Waals surface area (Å²) in [6, 6.07) is 0. The summed E-state index contributed by atoms with van der Waals surface area (Å²) >= 11 is 0. The van der Waals surface area contributed by atoms with Crippen molar-refractivity contribution in [3.63, 3.8) is 0 Å². The Hall–Kier alpha value is -0.780. The van der Waals surface area contributed by atoms with Crippen molar-refractivity contribution < 1.29 is 0 Å². The van der Waals surface area contributed by atoms with Crippen LogP contribution in [0.4, 0.5) is 0 Å². The number of hydrogen-bond acceptors (Lipinski definition) is 0. The molecule has 3 unspecified atom stereocenters. The summed E-state index contributed by atoms with van der Waals surface area (Å²) in [5, 5.41) is 0. The van der Waals surface area contributed by atoms with E-state index in [1.165, 1.54) is 32.1 Å². The van der Waals surface area contributed by atoms with Crippen LogP contribution in [-0.4, -0.2) is 0 Å². The van der Waals surface area contributed by atoms with Crippen molar-refractivity contribution in [3.8, 4) is 0 Å². The van der Waals surface area contributed by atoms with Gasteiger partial charge in [-0.2, -0.15) is 0 Å². The molecule has 0 spiro atoms. The van der Waals surface area contributed by atoms with Gasteiger partial charge in [-0.3, -0.25) is 0 Å². The molecule has 2 rings (SSSR count). The molecule has 0 aliphatic heterocycles. The number of allylic oxidation sites excluding steroid dienone is 6. The molecule has 0 heteroatoms. The van der Waals surface area contributed by atoms with E-state index in [9.17, 15) is 0 Å². The van der Waals surface area contributed by atoms with Crippen LogP contribution in [0.2, 0.25) is 0 Å². The summed E-state index contributed by atoms with van der Waals surface area (Å²) in [4.78, 5) is 0. The fourth-order valence-corrected chi connectivity index (χ4v) is 2.57. The molecule has 0 aromatic heterocycles. The molecular weight excluding hydrogens is 180 g/mol. The van der Waals surface area contributed by atoms with E-state index in [0.29, 0.717) is 0 Å². The quantitative estimate of drug-likeness (QED) is 0.578. The largest absolute Gasteiger partial charge is 0.0885 e. The van der Waals surface area contributed by atoms with E-state index < -0.39 is 0 Å².